The van der Waals surface area contributed by atoms with E-state index in [2.05, 4.69) is 10.2 Å². The van der Waals surface area contributed by atoms with Crippen molar-refractivity contribution in [3.05, 3.63) is 59.7 Å². The molecule has 0 atom stereocenters. The molecule has 0 spiro atoms. The van der Waals surface area contributed by atoms with Gasteiger partial charge in [-0.3, -0.25) is 0 Å². The van der Waals surface area contributed by atoms with Crippen LogP contribution in [0.1, 0.15) is 11.1 Å². The lowest BCUT2D eigenvalue weighted by molar-refractivity contribution is 0.482. The van der Waals surface area contributed by atoms with Gasteiger partial charge in [-0.15, -0.1) is 5.10 Å². The molecule has 0 radical (unpaired) electrons. The Morgan fingerprint density at radius 1 is 1.05 bits per heavy atom. The first-order chi connectivity index (χ1) is 9.63. The SMILES string of the molecule is Cc1cccc(Oc2ccc(C=NN=C(N)N)cc2)c1. The van der Waals surface area contributed by atoms with Crippen molar-refractivity contribution in [2.75, 3.05) is 0 Å². The Hall–Kier alpha value is -2.82. The highest BCUT2D eigenvalue weighted by atomic mass is 16.5. The highest BCUT2D eigenvalue weighted by Crippen LogP contribution is 2.22. The van der Waals surface area contributed by atoms with Crippen LogP contribution < -0.4 is 16.2 Å². The number of hydrogen-bond acceptors (Lipinski definition) is 3. The quantitative estimate of drug-likeness (QED) is 0.507. The number of guanidine groups is 1. The minimum atomic E-state index is -0.0688. The van der Waals surface area contributed by atoms with Gasteiger partial charge in [-0.05, 0) is 54.4 Å². The van der Waals surface area contributed by atoms with Crippen LogP contribution in [0.3, 0.4) is 0 Å². The van der Waals surface area contributed by atoms with Gasteiger partial charge in [-0.2, -0.15) is 5.10 Å². The molecule has 2 aromatic rings. The molecular formula is C15H16N4O. The zero-order valence-electron chi connectivity index (χ0n) is 11.2. The van der Waals surface area contributed by atoms with Crippen LogP contribution in [0, 0.1) is 6.92 Å². The summed E-state index contributed by atoms with van der Waals surface area (Å²) in [7, 11) is 0. The van der Waals surface area contributed by atoms with Gasteiger partial charge in [0, 0.05) is 0 Å². The minimum absolute atomic E-state index is 0.0688. The first-order valence-electron chi connectivity index (χ1n) is 6.10. The lowest BCUT2D eigenvalue weighted by atomic mass is 10.2. The van der Waals surface area contributed by atoms with Crippen LogP contribution in [0.25, 0.3) is 0 Å². The molecule has 5 heteroatoms. The minimum Gasteiger partial charge on any atom is -0.457 e. The largest absolute Gasteiger partial charge is 0.457 e. The van der Waals surface area contributed by atoms with Gasteiger partial charge in [0.15, 0.2) is 0 Å². The Bertz CT molecular complexity index is 629. The van der Waals surface area contributed by atoms with Crippen LogP contribution in [0.5, 0.6) is 11.5 Å². The summed E-state index contributed by atoms with van der Waals surface area (Å²) in [4.78, 5) is 0. The van der Waals surface area contributed by atoms with E-state index in [1.807, 2.05) is 55.5 Å². The first-order valence-corrected chi connectivity index (χ1v) is 6.10. The number of nitrogens with zero attached hydrogens (tertiary/aromatic N) is 2. The van der Waals surface area contributed by atoms with Crippen molar-refractivity contribution in [1.82, 2.24) is 0 Å². The fraction of sp³-hybridized carbons (Fsp3) is 0.0667. The molecular weight excluding hydrogens is 252 g/mol. The van der Waals surface area contributed by atoms with Gasteiger partial charge in [-0.25, -0.2) is 0 Å². The molecule has 0 saturated carbocycles. The van der Waals surface area contributed by atoms with Crippen LogP contribution in [0.2, 0.25) is 0 Å². The molecule has 5 nitrogen and oxygen atoms in total. The number of benzene rings is 2. The zero-order valence-corrected chi connectivity index (χ0v) is 11.2. The van der Waals surface area contributed by atoms with Crippen molar-refractivity contribution < 1.29 is 4.74 Å². The van der Waals surface area contributed by atoms with E-state index in [4.69, 9.17) is 16.2 Å². The van der Waals surface area contributed by atoms with E-state index in [-0.39, 0.29) is 5.96 Å². The lowest BCUT2D eigenvalue weighted by Crippen LogP contribution is -2.21. The Morgan fingerprint density at radius 2 is 1.80 bits per heavy atom. The Kier molecular flexibility index (Phi) is 4.34. The van der Waals surface area contributed by atoms with Crippen LogP contribution in [0.4, 0.5) is 0 Å². The number of ether oxygens (including phenoxy) is 1. The van der Waals surface area contributed by atoms with Crippen LogP contribution in [0.15, 0.2) is 58.7 Å². The van der Waals surface area contributed by atoms with E-state index in [1.165, 1.54) is 0 Å². The van der Waals surface area contributed by atoms with Gasteiger partial charge in [0.2, 0.25) is 5.96 Å². The summed E-state index contributed by atoms with van der Waals surface area (Å²) >= 11 is 0. The molecule has 0 aliphatic carbocycles. The molecule has 0 bridgehead atoms. The second kappa shape index (κ2) is 6.38. The van der Waals surface area contributed by atoms with Gasteiger partial charge in [-0.1, -0.05) is 12.1 Å². The third-order valence-electron chi connectivity index (χ3n) is 2.49. The molecule has 0 heterocycles. The molecule has 102 valence electrons. The van der Waals surface area contributed by atoms with Crippen molar-refractivity contribution in [2.45, 2.75) is 6.92 Å². The third kappa shape index (κ3) is 4.13. The van der Waals surface area contributed by atoms with Gasteiger partial charge in [0.25, 0.3) is 0 Å². The van der Waals surface area contributed by atoms with E-state index in [0.29, 0.717) is 0 Å². The Labute approximate surface area is 117 Å². The van der Waals surface area contributed by atoms with Crippen molar-refractivity contribution in [3.8, 4) is 11.5 Å². The molecule has 0 amide bonds. The van der Waals surface area contributed by atoms with E-state index in [9.17, 15) is 0 Å². The maximum absolute atomic E-state index is 5.74. The monoisotopic (exact) mass is 268 g/mol. The average Bonchev–Trinajstić information content (AvgIpc) is 2.40. The summed E-state index contributed by atoms with van der Waals surface area (Å²) in [5.74, 6) is 1.50. The highest BCUT2D eigenvalue weighted by Gasteiger charge is 1.97. The number of rotatable bonds is 4. The summed E-state index contributed by atoms with van der Waals surface area (Å²) < 4.78 is 5.74. The number of aryl methyl sites for hydroxylation is 1. The molecule has 0 aliphatic rings. The van der Waals surface area contributed by atoms with Crippen LogP contribution in [-0.2, 0) is 0 Å². The average molecular weight is 268 g/mol. The van der Waals surface area contributed by atoms with Crippen molar-refractivity contribution in [1.29, 1.82) is 0 Å². The summed E-state index contributed by atoms with van der Waals surface area (Å²) in [5.41, 5.74) is 12.4. The van der Waals surface area contributed by atoms with Crippen LogP contribution >= 0.6 is 0 Å². The predicted molar refractivity (Wildman–Crippen MR) is 81.1 cm³/mol. The first kappa shape index (κ1) is 13.6. The lowest BCUT2D eigenvalue weighted by Gasteiger charge is -2.06. The molecule has 0 unspecified atom stereocenters. The maximum atomic E-state index is 5.74. The highest BCUT2D eigenvalue weighted by molar-refractivity contribution is 5.81. The fourth-order valence-corrected chi connectivity index (χ4v) is 1.60. The van der Waals surface area contributed by atoms with Gasteiger partial charge < -0.3 is 16.2 Å². The zero-order chi connectivity index (χ0) is 14.4. The van der Waals surface area contributed by atoms with Crippen molar-refractivity contribution in [3.63, 3.8) is 0 Å². The summed E-state index contributed by atoms with van der Waals surface area (Å²) in [6.45, 7) is 2.02. The van der Waals surface area contributed by atoms with Gasteiger partial charge in [0.1, 0.15) is 11.5 Å². The standard InChI is InChI=1S/C15H16N4O/c1-11-3-2-4-14(9-11)20-13-7-5-12(6-8-13)10-18-19-15(16)17/h2-10H,1H3,(H4,16,17,19). The van der Waals surface area contributed by atoms with E-state index < -0.39 is 0 Å². The molecule has 0 aromatic heterocycles. The Morgan fingerprint density at radius 3 is 2.45 bits per heavy atom. The predicted octanol–water partition coefficient (Wildman–Crippen LogP) is 2.39. The molecule has 0 fully saturated rings. The van der Waals surface area contributed by atoms with Crippen LogP contribution in [-0.4, -0.2) is 12.2 Å². The topological polar surface area (TPSA) is 86.0 Å². The molecule has 0 saturated heterocycles. The molecule has 2 rings (SSSR count). The van der Waals surface area contributed by atoms with E-state index in [0.717, 1.165) is 22.6 Å². The van der Waals surface area contributed by atoms with E-state index >= 15 is 0 Å². The molecule has 4 N–H and O–H groups in total. The smallest absolute Gasteiger partial charge is 0.211 e. The number of nitrogens with two attached hydrogens (primary N) is 2. The van der Waals surface area contributed by atoms with E-state index in [1.54, 1.807) is 6.21 Å². The second-order valence-corrected chi connectivity index (χ2v) is 4.26. The second-order valence-electron chi connectivity index (χ2n) is 4.26. The maximum Gasteiger partial charge on any atom is 0.211 e. The van der Waals surface area contributed by atoms with Gasteiger partial charge in [0.05, 0.1) is 6.21 Å². The Balaban J connectivity index is 2.05. The van der Waals surface area contributed by atoms with Crippen molar-refractivity contribution >= 4 is 12.2 Å². The summed E-state index contributed by atoms with van der Waals surface area (Å²) in [6.07, 6.45) is 1.57. The summed E-state index contributed by atoms with van der Waals surface area (Å²) in [6, 6.07) is 15.3. The summed E-state index contributed by atoms with van der Waals surface area (Å²) in [5, 5.41) is 7.27. The third-order valence-corrected chi connectivity index (χ3v) is 2.49. The van der Waals surface area contributed by atoms with Crippen molar-refractivity contribution in [2.24, 2.45) is 21.7 Å². The molecule has 20 heavy (non-hydrogen) atoms. The number of hydrogen-bond donors (Lipinski definition) is 2. The molecule has 0 aliphatic heterocycles. The fourth-order valence-electron chi connectivity index (χ4n) is 1.60. The van der Waals surface area contributed by atoms with Gasteiger partial charge >= 0.3 is 0 Å². The normalized spacial score (nSPS) is 10.4. The molecule has 2 aromatic carbocycles.